The SMILES string of the molecule is CCS(=O)(=O)Nc1cccc(CNc2nc(Nc3ccc(C(C)(C)O)cc3)ncc2C(F)(F)F)c1. The molecule has 188 valence electrons. The number of hydrogen-bond acceptors (Lipinski definition) is 7. The molecule has 8 nitrogen and oxygen atoms in total. The number of alkyl halides is 3. The maximum Gasteiger partial charge on any atom is 0.421 e. The van der Waals surface area contributed by atoms with Crippen molar-refractivity contribution in [2.24, 2.45) is 0 Å². The number of benzene rings is 2. The van der Waals surface area contributed by atoms with Gasteiger partial charge in [0.1, 0.15) is 11.4 Å². The second-order valence-corrected chi connectivity index (χ2v) is 10.3. The van der Waals surface area contributed by atoms with Crippen LogP contribution in [-0.2, 0) is 28.3 Å². The van der Waals surface area contributed by atoms with E-state index in [1.54, 1.807) is 56.3 Å². The zero-order valence-electron chi connectivity index (χ0n) is 19.3. The number of hydrogen-bond donors (Lipinski definition) is 4. The minimum Gasteiger partial charge on any atom is -0.386 e. The van der Waals surface area contributed by atoms with Crippen molar-refractivity contribution >= 4 is 33.2 Å². The summed E-state index contributed by atoms with van der Waals surface area (Å²) in [6.45, 7) is 4.73. The van der Waals surface area contributed by atoms with Crippen molar-refractivity contribution in [1.29, 1.82) is 0 Å². The second kappa shape index (κ2) is 10.1. The van der Waals surface area contributed by atoms with Crippen LogP contribution < -0.4 is 15.4 Å². The molecule has 0 bridgehead atoms. The van der Waals surface area contributed by atoms with Crippen molar-refractivity contribution in [3.05, 3.63) is 71.4 Å². The Balaban J connectivity index is 1.81. The lowest BCUT2D eigenvalue weighted by molar-refractivity contribution is -0.137. The fourth-order valence-electron chi connectivity index (χ4n) is 3.06. The lowest BCUT2D eigenvalue weighted by Crippen LogP contribution is -2.16. The van der Waals surface area contributed by atoms with Crippen LogP contribution in [0, 0.1) is 0 Å². The Hall–Kier alpha value is -3.38. The van der Waals surface area contributed by atoms with Crippen LogP contribution in [0.2, 0.25) is 0 Å². The molecule has 1 heterocycles. The van der Waals surface area contributed by atoms with Gasteiger partial charge >= 0.3 is 6.18 Å². The van der Waals surface area contributed by atoms with Crippen molar-refractivity contribution in [1.82, 2.24) is 9.97 Å². The van der Waals surface area contributed by atoms with Gasteiger partial charge in [-0.15, -0.1) is 0 Å². The zero-order valence-corrected chi connectivity index (χ0v) is 20.1. The normalized spacial score (nSPS) is 12.3. The number of nitrogens with one attached hydrogen (secondary N) is 3. The van der Waals surface area contributed by atoms with E-state index in [9.17, 15) is 26.7 Å². The van der Waals surface area contributed by atoms with E-state index in [4.69, 9.17) is 0 Å². The molecule has 0 aliphatic carbocycles. The summed E-state index contributed by atoms with van der Waals surface area (Å²) in [7, 11) is -3.49. The van der Waals surface area contributed by atoms with Crippen molar-refractivity contribution < 1.29 is 26.7 Å². The zero-order chi connectivity index (χ0) is 25.9. The molecular formula is C23H26F3N5O3S. The first kappa shape index (κ1) is 26.2. The molecule has 4 N–H and O–H groups in total. The molecular weight excluding hydrogens is 483 g/mol. The molecule has 0 spiro atoms. The molecule has 0 saturated heterocycles. The average molecular weight is 510 g/mol. The van der Waals surface area contributed by atoms with E-state index in [-0.39, 0.29) is 18.2 Å². The number of aromatic nitrogens is 2. The summed E-state index contributed by atoms with van der Waals surface area (Å²) in [6, 6.07) is 13.0. The Morgan fingerprint density at radius 1 is 1.03 bits per heavy atom. The highest BCUT2D eigenvalue weighted by Gasteiger charge is 2.35. The van der Waals surface area contributed by atoms with E-state index in [1.807, 2.05) is 0 Å². The molecule has 35 heavy (non-hydrogen) atoms. The van der Waals surface area contributed by atoms with Crippen LogP contribution in [0.4, 0.5) is 36.3 Å². The van der Waals surface area contributed by atoms with Gasteiger partial charge in [0.2, 0.25) is 16.0 Å². The predicted octanol–water partition coefficient (Wildman–Crippen LogP) is 4.84. The Morgan fingerprint density at radius 3 is 2.31 bits per heavy atom. The molecule has 0 atom stereocenters. The number of sulfonamides is 1. The summed E-state index contributed by atoms with van der Waals surface area (Å²) in [5.74, 6) is -0.592. The highest BCUT2D eigenvalue weighted by Crippen LogP contribution is 2.34. The molecule has 2 aromatic carbocycles. The van der Waals surface area contributed by atoms with Gasteiger partial charge in [-0.3, -0.25) is 4.72 Å². The minimum atomic E-state index is -4.69. The van der Waals surface area contributed by atoms with E-state index in [2.05, 4.69) is 25.3 Å². The number of nitrogens with zero attached hydrogens (tertiary/aromatic N) is 2. The van der Waals surface area contributed by atoms with Crippen molar-refractivity contribution in [3.63, 3.8) is 0 Å². The summed E-state index contributed by atoms with van der Waals surface area (Å²) in [6.07, 6.45) is -4.00. The lowest BCUT2D eigenvalue weighted by atomic mass is 9.98. The van der Waals surface area contributed by atoms with Crippen LogP contribution in [0.5, 0.6) is 0 Å². The Bertz CT molecular complexity index is 1270. The second-order valence-electron chi connectivity index (χ2n) is 8.27. The minimum absolute atomic E-state index is 0.0402. The van der Waals surface area contributed by atoms with E-state index < -0.39 is 33.2 Å². The van der Waals surface area contributed by atoms with Crippen molar-refractivity contribution in [2.45, 2.75) is 39.1 Å². The number of rotatable bonds is 9. The molecule has 0 radical (unpaired) electrons. The lowest BCUT2D eigenvalue weighted by Gasteiger charge is -2.18. The molecule has 0 aliphatic heterocycles. The molecule has 0 amide bonds. The van der Waals surface area contributed by atoms with Crippen LogP contribution in [-0.4, -0.2) is 29.2 Å². The molecule has 3 aromatic rings. The van der Waals surface area contributed by atoms with Gasteiger partial charge in [-0.25, -0.2) is 13.4 Å². The average Bonchev–Trinajstić information content (AvgIpc) is 2.77. The van der Waals surface area contributed by atoms with E-state index >= 15 is 0 Å². The van der Waals surface area contributed by atoms with E-state index in [1.165, 1.54) is 13.0 Å². The van der Waals surface area contributed by atoms with Gasteiger partial charge < -0.3 is 15.7 Å². The van der Waals surface area contributed by atoms with Crippen LogP contribution in [0.25, 0.3) is 0 Å². The molecule has 0 saturated carbocycles. The van der Waals surface area contributed by atoms with Crippen LogP contribution in [0.1, 0.15) is 37.5 Å². The van der Waals surface area contributed by atoms with Crippen molar-refractivity contribution in [3.8, 4) is 0 Å². The van der Waals surface area contributed by atoms with Crippen molar-refractivity contribution in [2.75, 3.05) is 21.1 Å². The topological polar surface area (TPSA) is 116 Å². The summed E-state index contributed by atoms with van der Waals surface area (Å²) >= 11 is 0. The smallest absolute Gasteiger partial charge is 0.386 e. The van der Waals surface area contributed by atoms with Gasteiger partial charge in [0.05, 0.1) is 11.4 Å². The maximum absolute atomic E-state index is 13.5. The molecule has 0 fully saturated rings. The maximum atomic E-state index is 13.5. The Morgan fingerprint density at radius 2 is 1.71 bits per heavy atom. The molecule has 0 unspecified atom stereocenters. The third-order valence-electron chi connectivity index (χ3n) is 4.98. The van der Waals surface area contributed by atoms with Gasteiger partial charge in [0.15, 0.2) is 0 Å². The van der Waals surface area contributed by atoms with Gasteiger partial charge in [-0.1, -0.05) is 24.3 Å². The monoisotopic (exact) mass is 509 g/mol. The highest BCUT2D eigenvalue weighted by molar-refractivity contribution is 7.92. The van der Waals surface area contributed by atoms with Gasteiger partial charge in [-0.2, -0.15) is 18.2 Å². The first-order valence-corrected chi connectivity index (χ1v) is 12.3. The summed E-state index contributed by atoms with van der Waals surface area (Å²) in [5, 5.41) is 15.6. The van der Waals surface area contributed by atoms with Crippen LogP contribution in [0.15, 0.2) is 54.7 Å². The molecule has 1 aromatic heterocycles. The Labute approximate surface area is 201 Å². The third-order valence-corrected chi connectivity index (χ3v) is 6.29. The van der Waals surface area contributed by atoms with Gasteiger partial charge in [-0.05, 0) is 56.2 Å². The summed E-state index contributed by atoms with van der Waals surface area (Å²) in [5.41, 5.74) is -0.0230. The number of halogens is 3. The highest BCUT2D eigenvalue weighted by atomic mass is 32.2. The molecule has 3 rings (SSSR count). The summed E-state index contributed by atoms with van der Waals surface area (Å²) in [4.78, 5) is 7.78. The first-order valence-electron chi connectivity index (χ1n) is 10.6. The van der Waals surface area contributed by atoms with Gasteiger partial charge in [0.25, 0.3) is 0 Å². The standard InChI is InChI=1S/C23H26F3N5O3S/c1-4-35(33,34)31-18-7-5-6-15(12-18)13-27-20-19(23(24,25)26)14-28-21(30-20)29-17-10-8-16(9-11-17)22(2,3)32/h5-12,14,31-32H,4,13H2,1-3H3,(H2,27,28,29,30). The van der Waals surface area contributed by atoms with Gasteiger partial charge in [0, 0.05) is 24.1 Å². The van der Waals surface area contributed by atoms with Crippen LogP contribution in [0.3, 0.4) is 0 Å². The molecule has 0 aliphatic rings. The fourth-order valence-corrected chi connectivity index (χ4v) is 3.69. The quantitative estimate of drug-likeness (QED) is 0.326. The van der Waals surface area contributed by atoms with E-state index in [0.29, 0.717) is 28.7 Å². The summed E-state index contributed by atoms with van der Waals surface area (Å²) < 4.78 is 66.6. The van der Waals surface area contributed by atoms with Crippen LogP contribution >= 0.6 is 0 Å². The number of aliphatic hydroxyl groups is 1. The molecule has 12 heteroatoms. The fraction of sp³-hybridized carbons (Fsp3) is 0.304. The Kier molecular flexibility index (Phi) is 7.56. The largest absolute Gasteiger partial charge is 0.421 e. The first-order chi connectivity index (χ1) is 16.3. The third kappa shape index (κ3) is 7.30. The number of anilines is 4. The van der Waals surface area contributed by atoms with E-state index in [0.717, 1.165) is 0 Å². The predicted molar refractivity (Wildman–Crippen MR) is 129 cm³/mol.